The summed E-state index contributed by atoms with van der Waals surface area (Å²) in [5.41, 5.74) is 1.01. The van der Waals surface area contributed by atoms with Crippen molar-refractivity contribution in [3.8, 4) is 5.75 Å². The summed E-state index contributed by atoms with van der Waals surface area (Å²) in [6.07, 6.45) is 0. The number of anilines is 1. The Morgan fingerprint density at radius 3 is 2.46 bits per heavy atom. The molecule has 0 saturated carbocycles. The van der Waals surface area contributed by atoms with Gasteiger partial charge in [-0.05, 0) is 43.3 Å². The zero-order valence-corrected chi connectivity index (χ0v) is 15.0. The van der Waals surface area contributed by atoms with E-state index in [9.17, 15) is 18.4 Å². The van der Waals surface area contributed by atoms with Crippen molar-refractivity contribution in [2.24, 2.45) is 0 Å². The monoisotopic (exact) mass is 395 g/mol. The molecule has 0 bridgehead atoms. The number of ketones is 1. The third kappa shape index (κ3) is 3.68. The number of halogens is 3. The fourth-order valence-corrected chi connectivity index (χ4v) is 3.86. The highest BCUT2D eigenvalue weighted by Crippen LogP contribution is 2.41. The number of benzene rings is 2. The van der Waals surface area contributed by atoms with E-state index in [1.54, 1.807) is 36.4 Å². The van der Waals surface area contributed by atoms with Gasteiger partial charge in [0.15, 0.2) is 5.78 Å². The topological polar surface area (TPSA) is 55.4 Å². The number of nitrogens with one attached hydrogen (secondary N) is 1. The highest BCUT2D eigenvalue weighted by Gasteiger charge is 2.21. The highest BCUT2D eigenvalue weighted by atomic mass is 35.5. The molecule has 4 nitrogen and oxygen atoms in total. The summed E-state index contributed by atoms with van der Waals surface area (Å²) in [6.45, 7) is -1.54. The van der Waals surface area contributed by atoms with Gasteiger partial charge in [0, 0.05) is 16.0 Å². The summed E-state index contributed by atoms with van der Waals surface area (Å²) in [5, 5.41) is 3.00. The van der Waals surface area contributed by atoms with Gasteiger partial charge in [0.05, 0.1) is 10.4 Å². The largest absolute Gasteiger partial charge is 0.434 e. The number of hydrogen-bond acceptors (Lipinski definition) is 4. The van der Waals surface area contributed by atoms with Crippen LogP contribution in [0.2, 0.25) is 5.02 Å². The van der Waals surface area contributed by atoms with Gasteiger partial charge in [-0.3, -0.25) is 9.59 Å². The van der Waals surface area contributed by atoms with Crippen molar-refractivity contribution >= 4 is 50.4 Å². The summed E-state index contributed by atoms with van der Waals surface area (Å²) in [6, 6.07) is 11.0. The van der Waals surface area contributed by atoms with E-state index in [1.807, 2.05) is 0 Å². The molecule has 134 valence electrons. The molecular formula is C18H12ClF2NO3S. The van der Waals surface area contributed by atoms with Crippen molar-refractivity contribution in [2.45, 2.75) is 13.5 Å². The number of rotatable bonds is 5. The van der Waals surface area contributed by atoms with Crippen molar-refractivity contribution in [3.63, 3.8) is 0 Å². The van der Waals surface area contributed by atoms with Crippen LogP contribution in [0, 0.1) is 0 Å². The number of carbonyl (C=O) groups is 2. The second-order valence-electron chi connectivity index (χ2n) is 5.34. The van der Waals surface area contributed by atoms with Crippen LogP contribution in [0.1, 0.15) is 27.0 Å². The van der Waals surface area contributed by atoms with Gasteiger partial charge in [-0.25, -0.2) is 0 Å². The first-order valence-electron chi connectivity index (χ1n) is 7.45. The third-order valence-corrected chi connectivity index (χ3v) is 5.23. The quantitative estimate of drug-likeness (QED) is 0.571. The van der Waals surface area contributed by atoms with Crippen LogP contribution in [-0.4, -0.2) is 18.3 Å². The zero-order valence-electron chi connectivity index (χ0n) is 13.4. The van der Waals surface area contributed by atoms with E-state index < -0.39 is 12.5 Å². The van der Waals surface area contributed by atoms with Gasteiger partial charge in [-0.15, -0.1) is 11.3 Å². The minimum absolute atomic E-state index is 0.0547. The Balaban J connectivity index is 1.91. The van der Waals surface area contributed by atoms with Gasteiger partial charge in [0.2, 0.25) is 0 Å². The van der Waals surface area contributed by atoms with Crippen LogP contribution < -0.4 is 10.1 Å². The molecule has 1 amide bonds. The predicted octanol–water partition coefficient (Wildman–Crippen LogP) is 5.61. The van der Waals surface area contributed by atoms with Crippen LogP contribution in [0.3, 0.4) is 0 Å². The number of ether oxygens (including phenoxy) is 1. The van der Waals surface area contributed by atoms with Gasteiger partial charge in [-0.1, -0.05) is 17.7 Å². The van der Waals surface area contributed by atoms with E-state index in [1.165, 1.54) is 13.0 Å². The first-order chi connectivity index (χ1) is 12.4. The molecular weight excluding hydrogens is 384 g/mol. The van der Waals surface area contributed by atoms with E-state index in [-0.39, 0.29) is 26.8 Å². The van der Waals surface area contributed by atoms with Crippen molar-refractivity contribution in [1.82, 2.24) is 0 Å². The first kappa shape index (κ1) is 18.3. The number of fused-ring (bicyclic) bond motifs is 1. The van der Waals surface area contributed by atoms with E-state index in [0.717, 1.165) is 11.3 Å². The van der Waals surface area contributed by atoms with Crippen LogP contribution in [0.15, 0.2) is 42.5 Å². The number of amides is 1. The van der Waals surface area contributed by atoms with Gasteiger partial charge in [0.25, 0.3) is 5.91 Å². The van der Waals surface area contributed by atoms with Crippen molar-refractivity contribution in [3.05, 3.63) is 57.9 Å². The Labute approximate surface area is 156 Å². The fraction of sp³-hybridized carbons (Fsp3) is 0.111. The van der Waals surface area contributed by atoms with Gasteiger partial charge in [0.1, 0.15) is 10.6 Å². The molecule has 0 aliphatic rings. The second kappa shape index (κ2) is 7.39. The summed E-state index contributed by atoms with van der Waals surface area (Å²) >= 11 is 7.33. The lowest BCUT2D eigenvalue weighted by molar-refractivity contribution is -0.0487. The molecule has 0 fully saturated rings. The summed E-state index contributed by atoms with van der Waals surface area (Å²) in [5.74, 6) is -0.639. The number of thiophene rings is 1. The molecule has 3 aromatic rings. The molecule has 0 unspecified atom stereocenters. The molecule has 0 aliphatic heterocycles. The predicted molar refractivity (Wildman–Crippen MR) is 97.9 cm³/mol. The summed E-state index contributed by atoms with van der Waals surface area (Å²) in [7, 11) is 0. The zero-order chi connectivity index (χ0) is 18.8. The average Bonchev–Trinajstić information content (AvgIpc) is 2.93. The maximum Gasteiger partial charge on any atom is 0.387 e. The lowest BCUT2D eigenvalue weighted by Gasteiger charge is -2.06. The van der Waals surface area contributed by atoms with Gasteiger partial charge >= 0.3 is 6.61 Å². The maximum atomic E-state index is 12.6. The molecule has 2 aromatic carbocycles. The van der Waals surface area contributed by atoms with Crippen LogP contribution in [0.4, 0.5) is 14.5 Å². The summed E-state index contributed by atoms with van der Waals surface area (Å²) < 4.78 is 30.2. The average molecular weight is 396 g/mol. The Morgan fingerprint density at radius 2 is 1.85 bits per heavy atom. The SMILES string of the molecule is CC(=O)c1ccc(NC(=O)c2sc3cccc(OC(F)F)c3c2Cl)cc1. The van der Waals surface area contributed by atoms with Crippen LogP contribution in [0.25, 0.3) is 10.1 Å². The van der Waals surface area contributed by atoms with E-state index >= 15 is 0 Å². The minimum atomic E-state index is -2.99. The number of carbonyl (C=O) groups excluding carboxylic acids is 2. The molecule has 0 spiro atoms. The lowest BCUT2D eigenvalue weighted by Crippen LogP contribution is -2.10. The standard InChI is InChI=1S/C18H12ClF2NO3S/c1-9(23)10-5-7-11(8-6-10)22-17(24)16-15(19)14-12(25-18(20)21)3-2-4-13(14)26-16/h2-8,18H,1H3,(H,22,24). The number of hydrogen-bond donors (Lipinski definition) is 1. The Morgan fingerprint density at radius 1 is 1.15 bits per heavy atom. The molecule has 0 saturated heterocycles. The normalized spacial score (nSPS) is 11.0. The lowest BCUT2D eigenvalue weighted by atomic mass is 10.1. The fourth-order valence-electron chi connectivity index (χ4n) is 2.40. The molecule has 8 heteroatoms. The van der Waals surface area contributed by atoms with Crippen molar-refractivity contribution in [1.29, 1.82) is 0 Å². The van der Waals surface area contributed by atoms with Crippen LogP contribution in [0.5, 0.6) is 5.75 Å². The molecule has 1 aromatic heterocycles. The minimum Gasteiger partial charge on any atom is -0.434 e. The molecule has 0 aliphatic carbocycles. The molecule has 1 heterocycles. The molecule has 0 atom stereocenters. The third-order valence-electron chi connectivity index (χ3n) is 3.59. The van der Waals surface area contributed by atoms with E-state index in [4.69, 9.17) is 11.6 Å². The smallest absolute Gasteiger partial charge is 0.387 e. The van der Waals surface area contributed by atoms with Crippen molar-refractivity contribution < 1.29 is 23.1 Å². The van der Waals surface area contributed by atoms with Gasteiger partial charge in [-0.2, -0.15) is 8.78 Å². The number of alkyl halides is 2. The van der Waals surface area contributed by atoms with Crippen LogP contribution >= 0.6 is 22.9 Å². The van der Waals surface area contributed by atoms with E-state index in [0.29, 0.717) is 16.0 Å². The van der Waals surface area contributed by atoms with E-state index in [2.05, 4.69) is 10.1 Å². The number of Topliss-reactive ketones (excluding diaryl/α,β-unsaturated/α-hetero) is 1. The molecule has 3 rings (SSSR count). The second-order valence-corrected chi connectivity index (χ2v) is 6.77. The maximum absolute atomic E-state index is 12.6. The summed E-state index contributed by atoms with van der Waals surface area (Å²) in [4.78, 5) is 24.0. The molecule has 26 heavy (non-hydrogen) atoms. The molecule has 1 N–H and O–H groups in total. The molecule has 0 radical (unpaired) electrons. The Bertz CT molecular complexity index is 986. The first-order valence-corrected chi connectivity index (χ1v) is 8.64. The Kier molecular flexibility index (Phi) is 5.20. The Hall–Kier alpha value is -2.51. The highest BCUT2D eigenvalue weighted by molar-refractivity contribution is 7.21. The van der Waals surface area contributed by atoms with Crippen LogP contribution in [-0.2, 0) is 0 Å². The van der Waals surface area contributed by atoms with Gasteiger partial charge < -0.3 is 10.1 Å². The van der Waals surface area contributed by atoms with Crippen molar-refractivity contribution in [2.75, 3.05) is 5.32 Å².